The molecule has 0 spiro atoms. The summed E-state index contributed by atoms with van der Waals surface area (Å²) >= 11 is 0. The molecule has 20 heavy (non-hydrogen) atoms. The van der Waals surface area contributed by atoms with Crippen LogP contribution < -0.4 is 10.6 Å². The van der Waals surface area contributed by atoms with E-state index < -0.39 is 0 Å². The summed E-state index contributed by atoms with van der Waals surface area (Å²) < 4.78 is 1.87. The van der Waals surface area contributed by atoms with Crippen LogP contribution in [0, 0.1) is 5.92 Å². The Balaban J connectivity index is 1.77. The minimum absolute atomic E-state index is 0.0575. The molecule has 0 aromatic carbocycles. The zero-order chi connectivity index (χ0) is 14.6. The number of anilines is 1. The molecule has 5 nitrogen and oxygen atoms in total. The highest BCUT2D eigenvalue weighted by atomic mass is 16.1. The topological polar surface area (TPSA) is 59.0 Å². The molecule has 5 heteroatoms. The van der Waals surface area contributed by atoms with Crippen LogP contribution in [0.4, 0.5) is 5.69 Å². The van der Waals surface area contributed by atoms with Gasteiger partial charge in [0.25, 0.3) is 0 Å². The van der Waals surface area contributed by atoms with E-state index in [2.05, 4.69) is 36.5 Å². The van der Waals surface area contributed by atoms with Crippen molar-refractivity contribution >= 4 is 11.6 Å². The molecule has 1 fully saturated rings. The van der Waals surface area contributed by atoms with Crippen molar-refractivity contribution in [3.05, 3.63) is 12.4 Å². The van der Waals surface area contributed by atoms with E-state index in [1.165, 1.54) is 12.8 Å². The van der Waals surface area contributed by atoms with Crippen LogP contribution in [0.15, 0.2) is 12.4 Å². The normalized spacial score (nSPS) is 17.1. The van der Waals surface area contributed by atoms with Gasteiger partial charge < -0.3 is 10.6 Å². The third-order valence-corrected chi connectivity index (χ3v) is 3.79. The maximum Gasteiger partial charge on any atom is 0.224 e. The van der Waals surface area contributed by atoms with E-state index in [0.717, 1.165) is 25.2 Å². The van der Waals surface area contributed by atoms with Gasteiger partial charge in [0.05, 0.1) is 17.4 Å². The largest absolute Gasteiger partial charge is 0.323 e. The van der Waals surface area contributed by atoms with Crippen LogP contribution >= 0.6 is 0 Å². The Hall–Kier alpha value is -1.36. The molecule has 112 valence electrons. The molecule has 2 rings (SSSR count). The molecule has 0 aliphatic carbocycles. The molecular weight excluding hydrogens is 252 g/mol. The van der Waals surface area contributed by atoms with Gasteiger partial charge in [-0.15, -0.1) is 0 Å². The van der Waals surface area contributed by atoms with Crippen molar-refractivity contribution in [3.8, 4) is 0 Å². The lowest BCUT2D eigenvalue weighted by atomic mass is 9.93. The number of nitrogens with zero attached hydrogens (tertiary/aromatic N) is 2. The molecule has 0 unspecified atom stereocenters. The first-order chi connectivity index (χ1) is 9.45. The molecule has 0 bridgehead atoms. The van der Waals surface area contributed by atoms with Crippen molar-refractivity contribution in [1.29, 1.82) is 0 Å². The number of nitrogens with one attached hydrogen (secondary N) is 2. The molecule has 1 saturated heterocycles. The van der Waals surface area contributed by atoms with E-state index in [-0.39, 0.29) is 11.4 Å². The van der Waals surface area contributed by atoms with Gasteiger partial charge in [0.2, 0.25) is 5.91 Å². The molecule has 1 aromatic rings. The predicted octanol–water partition coefficient (Wildman–Crippen LogP) is 2.36. The minimum Gasteiger partial charge on any atom is -0.323 e. The van der Waals surface area contributed by atoms with Crippen LogP contribution in [0.25, 0.3) is 0 Å². The Morgan fingerprint density at radius 1 is 1.45 bits per heavy atom. The van der Waals surface area contributed by atoms with Crippen molar-refractivity contribution in [2.75, 3.05) is 18.4 Å². The molecule has 0 saturated carbocycles. The van der Waals surface area contributed by atoms with Gasteiger partial charge >= 0.3 is 0 Å². The SMILES string of the molecule is CC(C)(C)n1cc(NC(=O)CCC2CCNCC2)cn1. The molecule has 2 N–H and O–H groups in total. The number of aromatic nitrogens is 2. The fraction of sp³-hybridized carbons (Fsp3) is 0.733. The molecule has 1 aliphatic rings. The third-order valence-electron chi connectivity index (χ3n) is 3.79. The first-order valence-electron chi connectivity index (χ1n) is 7.51. The summed E-state index contributed by atoms with van der Waals surface area (Å²) in [6.07, 6.45) is 7.58. The van der Waals surface area contributed by atoms with Crippen molar-refractivity contribution in [2.45, 2.75) is 52.0 Å². The van der Waals surface area contributed by atoms with Crippen molar-refractivity contribution in [2.24, 2.45) is 5.92 Å². The number of piperidine rings is 1. The second kappa shape index (κ2) is 6.39. The highest BCUT2D eigenvalue weighted by molar-refractivity contribution is 5.90. The van der Waals surface area contributed by atoms with Crippen LogP contribution in [0.3, 0.4) is 0 Å². The van der Waals surface area contributed by atoms with E-state index >= 15 is 0 Å². The lowest BCUT2D eigenvalue weighted by Crippen LogP contribution is -2.28. The molecule has 1 aliphatic heterocycles. The van der Waals surface area contributed by atoms with Crippen LogP contribution in [-0.4, -0.2) is 28.8 Å². The number of amides is 1. The van der Waals surface area contributed by atoms with E-state index in [1.807, 2.05) is 10.9 Å². The first-order valence-corrected chi connectivity index (χ1v) is 7.51. The molecule has 1 amide bonds. The smallest absolute Gasteiger partial charge is 0.224 e. The Bertz CT molecular complexity index is 441. The number of hydrogen-bond donors (Lipinski definition) is 2. The molecular formula is C15H26N4O. The van der Waals surface area contributed by atoms with E-state index in [9.17, 15) is 4.79 Å². The Kier molecular flexibility index (Phi) is 4.81. The number of carbonyl (C=O) groups is 1. The average molecular weight is 278 g/mol. The van der Waals surface area contributed by atoms with Gasteiger partial charge in [-0.2, -0.15) is 5.10 Å². The highest BCUT2D eigenvalue weighted by Gasteiger charge is 2.16. The molecule has 0 radical (unpaired) electrons. The van der Waals surface area contributed by atoms with E-state index in [4.69, 9.17) is 0 Å². The van der Waals surface area contributed by atoms with Gasteiger partial charge in [-0.05, 0) is 59.0 Å². The summed E-state index contributed by atoms with van der Waals surface area (Å²) in [5.41, 5.74) is 0.730. The second-order valence-electron chi connectivity index (χ2n) is 6.62. The van der Waals surface area contributed by atoms with Crippen molar-refractivity contribution in [1.82, 2.24) is 15.1 Å². The van der Waals surface area contributed by atoms with E-state index in [0.29, 0.717) is 12.3 Å². The predicted molar refractivity (Wildman–Crippen MR) is 80.7 cm³/mol. The van der Waals surface area contributed by atoms with Crippen LogP contribution in [0.2, 0.25) is 0 Å². The first kappa shape index (κ1) is 15.0. The summed E-state index contributed by atoms with van der Waals surface area (Å²) in [6.45, 7) is 8.43. The summed E-state index contributed by atoms with van der Waals surface area (Å²) in [6, 6.07) is 0. The van der Waals surface area contributed by atoms with Crippen molar-refractivity contribution < 1.29 is 4.79 Å². The summed E-state index contributed by atoms with van der Waals surface area (Å²) in [4.78, 5) is 12.0. The average Bonchev–Trinajstić information content (AvgIpc) is 2.86. The number of rotatable bonds is 4. The summed E-state index contributed by atoms with van der Waals surface area (Å²) in [5.74, 6) is 0.788. The van der Waals surface area contributed by atoms with Gasteiger partial charge in [0.1, 0.15) is 0 Å². The summed E-state index contributed by atoms with van der Waals surface area (Å²) in [7, 11) is 0. The minimum atomic E-state index is -0.0575. The van der Waals surface area contributed by atoms with Gasteiger partial charge in [-0.1, -0.05) is 0 Å². The second-order valence-corrected chi connectivity index (χ2v) is 6.62. The maximum absolute atomic E-state index is 12.0. The van der Waals surface area contributed by atoms with Gasteiger partial charge in [0, 0.05) is 12.6 Å². The van der Waals surface area contributed by atoms with E-state index in [1.54, 1.807) is 6.20 Å². The lowest BCUT2D eigenvalue weighted by molar-refractivity contribution is -0.116. The quantitative estimate of drug-likeness (QED) is 0.889. The van der Waals surface area contributed by atoms with Crippen LogP contribution in [0.5, 0.6) is 0 Å². The highest BCUT2D eigenvalue weighted by Crippen LogP contribution is 2.19. The number of carbonyl (C=O) groups excluding carboxylic acids is 1. The lowest BCUT2D eigenvalue weighted by Gasteiger charge is -2.22. The zero-order valence-electron chi connectivity index (χ0n) is 12.8. The fourth-order valence-electron chi connectivity index (χ4n) is 2.48. The Morgan fingerprint density at radius 3 is 2.75 bits per heavy atom. The fourth-order valence-corrected chi connectivity index (χ4v) is 2.48. The Labute approximate surface area is 121 Å². The summed E-state index contributed by atoms with van der Waals surface area (Å²) in [5, 5.41) is 10.6. The molecule has 1 aromatic heterocycles. The van der Waals surface area contributed by atoms with Gasteiger partial charge in [-0.25, -0.2) is 0 Å². The van der Waals surface area contributed by atoms with Gasteiger partial charge in [0.15, 0.2) is 0 Å². The standard InChI is InChI=1S/C15H26N4O/c1-15(2,3)19-11-13(10-17-19)18-14(20)5-4-12-6-8-16-9-7-12/h10-12,16H,4-9H2,1-3H3,(H,18,20). The zero-order valence-corrected chi connectivity index (χ0v) is 12.8. The maximum atomic E-state index is 12.0. The molecule has 2 heterocycles. The van der Waals surface area contributed by atoms with Crippen molar-refractivity contribution in [3.63, 3.8) is 0 Å². The number of hydrogen-bond acceptors (Lipinski definition) is 3. The van der Waals surface area contributed by atoms with Gasteiger partial charge in [-0.3, -0.25) is 9.48 Å². The monoisotopic (exact) mass is 278 g/mol. The van der Waals surface area contributed by atoms with Crippen LogP contribution in [0.1, 0.15) is 46.5 Å². The Morgan fingerprint density at radius 2 is 2.15 bits per heavy atom. The molecule has 0 atom stereocenters. The van der Waals surface area contributed by atoms with Crippen LogP contribution in [-0.2, 0) is 10.3 Å². The third kappa shape index (κ3) is 4.34.